The zero-order chi connectivity index (χ0) is 13.1. The summed E-state index contributed by atoms with van der Waals surface area (Å²) in [4.78, 5) is 5.08. The Morgan fingerprint density at radius 2 is 2.26 bits per heavy atom. The van der Waals surface area contributed by atoms with E-state index in [0.29, 0.717) is 6.10 Å². The molecule has 1 saturated heterocycles. The second kappa shape index (κ2) is 5.90. The highest BCUT2D eigenvalue weighted by Gasteiger charge is 2.19. The van der Waals surface area contributed by atoms with Crippen molar-refractivity contribution >= 4 is 11.3 Å². The van der Waals surface area contributed by atoms with Crippen LogP contribution in [0, 0.1) is 0 Å². The molecule has 1 atom stereocenters. The second-order valence-corrected chi connectivity index (χ2v) is 6.31. The maximum absolute atomic E-state index is 5.73. The summed E-state index contributed by atoms with van der Waals surface area (Å²) in [6.45, 7) is 2.81. The van der Waals surface area contributed by atoms with E-state index >= 15 is 0 Å². The van der Waals surface area contributed by atoms with Crippen molar-refractivity contribution in [1.82, 2.24) is 4.90 Å². The number of thiophene rings is 1. The molecule has 3 heterocycles. The van der Waals surface area contributed by atoms with Gasteiger partial charge in [0, 0.05) is 35.0 Å². The maximum Gasteiger partial charge on any atom is 0.0947 e. The van der Waals surface area contributed by atoms with Crippen molar-refractivity contribution in [3.8, 4) is 0 Å². The molecule has 0 aliphatic carbocycles. The molecule has 1 aliphatic rings. The summed E-state index contributed by atoms with van der Waals surface area (Å²) in [5.74, 6) is 0. The summed E-state index contributed by atoms with van der Waals surface area (Å²) < 4.78 is 10.8. The Balaban J connectivity index is 1.57. The third-order valence-corrected chi connectivity index (χ3v) is 4.55. The summed E-state index contributed by atoms with van der Waals surface area (Å²) in [5.41, 5.74) is 1.22. The Labute approximate surface area is 117 Å². The standard InChI is InChI=1S/C15H19NO2S/c1-16(9-12-6-8-17-11-12)10-13-4-5-15(19-13)14-3-2-7-18-14/h4-6,8,11,14H,2-3,7,9-10H2,1H3. The van der Waals surface area contributed by atoms with Crippen LogP contribution in [0.15, 0.2) is 35.1 Å². The van der Waals surface area contributed by atoms with Crippen LogP contribution in [0.1, 0.15) is 34.3 Å². The van der Waals surface area contributed by atoms with Crippen molar-refractivity contribution in [3.63, 3.8) is 0 Å². The fraction of sp³-hybridized carbons (Fsp3) is 0.467. The van der Waals surface area contributed by atoms with E-state index in [9.17, 15) is 0 Å². The molecule has 2 aromatic heterocycles. The Kier molecular flexibility index (Phi) is 4.01. The summed E-state index contributed by atoms with van der Waals surface area (Å²) in [6, 6.07) is 6.47. The van der Waals surface area contributed by atoms with Gasteiger partial charge in [0.25, 0.3) is 0 Å². The van der Waals surface area contributed by atoms with Gasteiger partial charge >= 0.3 is 0 Å². The number of rotatable bonds is 5. The topological polar surface area (TPSA) is 25.6 Å². The highest BCUT2D eigenvalue weighted by molar-refractivity contribution is 7.12. The van der Waals surface area contributed by atoms with E-state index in [2.05, 4.69) is 24.1 Å². The van der Waals surface area contributed by atoms with Crippen molar-refractivity contribution in [3.05, 3.63) is 46.0 Å². The molecule has 0 radical (unpaired) electrons. The molecule has 4 heteroatoms. The Hall–Kier alpha value is -1.10. The molecule has 19 heavy (non-hydrogen) atoms. The van der Waals surface area contributed by atoms with Crippen molar-refractivity contribution in [2.45, 2.75) is 32.0 Å². The third-order valence-electron chi connectivity index (χ3n) is 3.39. The normalized spacial score (nSPS) is 19.4. The van der Waals surface area contributed by atoms with Crippen LogP contribution in [0.3, 0.4) is 0 Å². The SMILES string of the molecule is CN(Cc1ccoc1)Cc1ccc(C2CCCO2)s1. The van der Waals surface area contributed by atoms with Crippen LogP contribution in [0.5, 0.6) is 0 Å². The molecule has 1 fully saturated rings. The van der Waals surface area contributed by atoms with Gasteiger partial charge in [-0.3, -0.25) is 4.90 Å². The quantitative estimate of drug-likeness (QED) is 0.830. The predicted octanol–water partition coefficient (Wildman–Crippen LogP) is 3.82. The molecule has 0 aromatic carbocycles. The van der Waals surface area contributed by atoms with Crippen LogP contribution in [-0.4, -0.2) is 18.6 Å². The molecule has 102 valence electrons. The minimum atomic E-state index is 0.345. The lowest BCUT2D eigenvalue weighted by atomic mass is 10.2. The van der Waals surface area contributed by atoms with Crippen LogP contribution in [0.2, 0.25) is 0 Å². The van der Waals surface area contributed by atoms with Crippen LogP contribution in [-0.2, 0) is 17.8 Å². The number of hydrogen-bond donors (Lipinski definition) is 0. The van der Waals surface area contributed by atoms with Crippen LogP contribution < -0.4 is 0 Å². The monoisotopic (exact) mass is 277 g/mol. The van der Waals surface area contributed by atoms with Gasteiger partial charge in [-0.15, -0.1) is 11.3 Å². The lowest BCUT2D eigenvalue weighted by molar-refractivity contribution is 0.114. The maximum atomic E-state index is 5.73. The largest absolute Gasteiger partial charge is 0.472 e. The van der Waals surface area contributed by atoms with Gasteiger partial charge in [-0.05, 0) is 38.1 Å². The molecule has 0 spiro atoms. The van der Waals surface area contributed by atoms with Gasteiger partial charge < -0.3 is 9.15 Å². The third kappa shape index (κ3) is 3.26. The first-order valence-corrected chi connectivity index (χ1v) is 7.53. The molecule has 3 rings (SSSR count). The molecule has 1 aliphatic heterocycles. The van der Waals surface area contributed by atoms with Crippen molar-refractivity contribution in [2.75, 3.05) is 13.7 Å². The minimum absolute atomic E-state index is 0.345. The van der Waals surface area contributed by atoms with Crippen LogP contribution in [0.4, 0.5) is 0 Å². The highest BCUT2D eigenvalue weighted by atomic mass is 32.1. The van der Waals surface area contributed by atoms with E-state index in [4.69, 9.17) is 9.15 Å². The molecule has 0 saturated carbocycles. The van der Waals surface area contributed by atoms with Crippen LogP contribution >= 0.6 is 11.3 Å². The van der Waals surface area contributed by atoms with E-state index in [0.717, 1.165) is 19.7 Å². The first-order valence-electron chi connectivity index (χ1n) is 6.71. The average molecular weight is 277 g/mol. The number of hydrogen-bond acceptors (Lipinski definition) is 4. The van der Waals surface area contributed by atoms with E-state index in [1.807, 2.05) is 23.7 Å². The highest BCUT2D eigenvalue weighted by Crippen LogP contribution is 2.33. The summed E-state index contributed by atoms with van der Waals surface area (Å²) in [5, 5.41) is 0. The Morgan fingerprint density at radius 1 is 1.32 bits per heavy atom. The second-order valence-electron chi connectivity index (χ2n) is 5.11. The van der Waals surface area contributed by atoms with E-state index in [-0.39, 0.29) is 0 Å². The minimum Gasteiger partial charge on any atom is -0.472 e. The van der Waals surface area contributed by atoms with E-state index in [1.54, 1.807) is 6.26 Å². The lowest BCUT2D eigenvalue weighted by Crippen LogP contribution is -2.15. The zero-order valence-corrected chi connectivity index (χ0v) is 12.0. The smallest absolute Gasteiger partial charge is 0.0947 e. The molecule has 1 unspecified atom stereocenters. The summed E-state index contributed by atoms with van der Waals surface area (Å²) in [7, 11) is 2.14. The molecule has 3 nitrogen and oxygen atoms in total. The fourth-order valence-corrected chi connectivity index (χ4v) is 3.65. The van der Waals surface area contributed by atoms with E-state index < -0.39 is 0 Å². The molecule has 0 amide bonds. The van der Waals surface area contributed by atoms with Gasteiger partial charge in [0.1, 0.15) is 0 Å². The molecular formula is C15H19NO2S. The lowest BCUT2D eigenvalue weighted by Gasteiger charge is -2.14. The first-order chi connectivity index (χ1) is 9.31. The average Bonchev–Trinajstić information content (AvgIpc) is 3.09. The van der Waals surface area contributed by atoms with E-state index in [1.165, 1.54) is 28.2 Å². The number of ether oxygens (including phenoxy) is 1. The predicted molar refractivity (Wildman–Crippen MR) is 76.1 cm³/mol. The summed E-state index contributed by atoms with van der Waals surface area (Å²) in [6.07, 6.45) is 6.24. The first kappa shape index (κ1) is 12.9. The van der Waals surface area contributed by atoms with Gasteiger partial charge in [-0.25, -0.2) is 0 Å². The fourth-order valence-electron chi connectivity index (χ4n) is 2.47. The molecule has 2 aromatic rings. The van der Waals surface area contributed by atoms with Crippen molar-refractivity contribution < 1.29 is 9.15 Å². The Morgan fingerprint density at radius 3 is 3.00 bits per heavy atom. The molecular weight excluding hydrogens is 258 g/mol. The molecule has 0 bridgehead atoms. The number of nitrogens with zero attached hydrogens (tertiary/aromatic N) is 1. The van der Waals surface area contributed by atoms with Gasteiger partial charge in [-0.2, -0.15) is 0 Å². The molecule has 0 N–H and O–H groups in total. The van der Waals surface area contributed by atoms with Gasteiger partial charge in [-0.1, -0.05) is 0 Å². The number of furan rings is 1. The van der Waals surface area contributed by atoms with Gasteiger partial charge in [0.05, 0.1) is 18.6 Å². The van der Waals surface area contributed by atoms with Gasteiger partial charge in [0.15, 0.2) is 0 Å². The van der Waals surface area contributed by atoms with Crippen LogP contribution in [0.25, 0.3) is 0 Å². The van der Waals surface area contributed by atoms with Gasteiger partial charge in [0.2, 0.25) is 0 Å². The summed E-state index contributed by atoms with van der Waals surface area (Å²) >= 11 is 1.88. The zero-order valence-electron chi connectivity index (χ0n) is 11.2. The van der Waals surface area contributed by atoms with Crippen molar-refractivity contribution in [2.24, 2.45) is 0 Å². The Bertz CT molecular complexity index is 500. The van der Waals surface area contributed by atoms with Crippen molar-refractivity contribution in [1.29, 1.82) is 0 Å².